The topological polar surface area (TPSA) is 17.1 Å². The maximum atomic E-state index is 10.6. The molecular weight excluding hydrogens is 204 g/mol. The first-order valence-electron chi connectivity index (χ1n) is 2.10. The Morgan fingerprint density at radius 1 is 1.43 bits per heavy atom. The Kier molecular flexibility index (Phi) is 1.78. The first-order chi connectivity index (χ1) is 3.39. The van der Waals surface area contributed by atoms with E-state index in [9.17, 15) is 3.10 Å². The molecule has 0 bridgehead atoms. The summed E-state index contributed by atoms with van der Waals surface area (Å²) in [5.41, 5.74) is 0. The average Bonchev–Trinajstić information content (AvgIpc) is 1.69. The van der Waals surface area contributed by atoms with Crippen LogP contribution < -0.4 is 0 Å². The Hall–Kier alpha value is 0.0696. The van der Waals surface area contributed by atoms with Crippen LogP contribution in [0.1, 0.15) is 0 Å². The van der Waals surface area contributed by atoms with Gasteiger partial charge in [0.25, 0.3) is 0 Å². The van der Waals surface area contributed by atoms with E-state index in [2.05, 4.69) is 0 Å². The quantitative estimate of drug-likeness (QED) is 0.546. The van der Waals surface area contributed by atoms with Gasteiger partial charge in [-0.15, -0.1) is 0 Å². The van der Waals surface area contributed by atoms with Gasteiger partial charge in [-0.2, -0.15) is 0 Å². The van der Waals surface area contributed by atoms with Crippen LogP contribution >= 0.6 is 0 Å². The van der Waals surface area contributed by atoms with Gasteiger partial charge in [-0.1, -0.05) is 0 Å². The van der Waals surface area contributed by atoms with E-state index in [0.717, 1.165) is 4.47 Å². The molecule has 1 aliphatic rings. The molecule has 0 aromatic heterocycles. The summed E-state index contributed by atoms with van der Waals surface area (Å²) < 4.78 is 13.2. The van der Waals surface area contributed by atoms with E-state index in [1.165, 1.54) is 0 Å². The molecule has 0 N–H and O–H groups in total. The second-order valence-corrected chi connectivity index (χ2v) is 5.21. The van der Waals surface area contributed by atoms with Crippen molar-refractivity contribution in [1.82, 2.24) is 0 Å². The number of hydrogen-bond acceptors (Lipinski definition) is 1. The molecule has 0 radical (unpaired) electrons. The van der Waals surface area contributed by atoms with Gasteiger partial charge in [0, 0.05) is 0 Å². The Bertz CT molecular complexity index is 135. The van der Waals surface area contributed by atoms with Crippen molar-refractivity contribution in [3.8, 4) is 0 Å². The fraction of sp³-hybridized carbons (Fsp3) is 0.200. The van der Waals surface area contributed by atoms with E-state index in [1.54, 1.807) is 0 Å². The number of allylic oxidation sites excluding steroid dienone is 3. The third-order valence-electron chi connectivity index (χ3n) is 0.738. The average molecular weight is 210 g/mol. The fourth-order valence-corrected chi connectivity index (χ4v) is 2.35. The molecule has 0 saturated carbocycles. The Morgan fingerprint density at radius 3 is 2.57 bits per heavy atom. The van der Waals surface area contributed by atoms with Gasteiger partial charge in [-0.25, -0.2) is 0 Å². The summed E-state index contributed by atoms with van der Waals surface area (Å²) in [7, 11) is 0. The molecule has 7 heavy (non-hydrogen) atoms. The van der Waals surface area contributed by atoms with Crippen LogP contribution in [-0.4, -0.2) is 19.5 Å². The third-order valence-corrected chi connectivity index (χ3v) is 3.54. The summed E-state index contributed by atoms with van der Waals surface area (Å²) >= 11 is -1.87. The van der Waals surface area contributed by atoms with E-state index in [0.29, 0.717) is 0 Å². The molecule has 0 aromatic rings. The maximum absolute atomic E-state index is 10.6. The van der Waals surface area contributed by atoms with Crippen LogP contribution in [0.5, 0.6) is 0 Å². The summed E-state index contributed by atoms with van der Waals surface area (Å²) in [5, 5.41) is 0. The van der Waals surface area contributed by atoms with Crippen LogP contribution in [0.15, 0.2) is 22.4 Å². The predicted octanol–water partition coefficient (Wildman–Crippen LogP) is 1.07. The van der Waals surface area contributed by atoms with Gasteiger partial charge in [-0.05, 0) is 0 Å². The van der Waals surface area contributed by atoms with Gasteiger partial charge in [0.15, 0.2) is 0 Å². The summed E-state index contributed by atoms with van der Waals surface area (Å²) in [4.78, 5) is 0. The molecule has 1 rings (SSSR count). The first kappa shape index (κ1) is 5.21. The molecule has 0 aliphatic carbocycles. The number of hydrogen-bond donors (Lipinski definition) is 0. The van der Waals surface area contributed by atoms with Gasteiger partial charge < -0.3 is 0 Å². The fourth-order valence-electron chi connectivity index (χ4n) is 0.418. The zero-order valence-corrected chi connectivity index (χ0v) is 6.16. The van der Waals surface area contributed by atoms with Gasteiger partial charge in [0.1, 0.15) is 0 Å². The monoisotopic (exact) mass is 212 g/mol. The van der Waals surface area contributed by atoms with Crippen molar-refractivity contribution in [1.29, 1.82) is 0 Å². The standard InChI is InChI=1S/C5H6OTe/c6-7-4-2-1-3-5-7/h1-4H,5H2. The molecule has 0 atom stereocenters. The minimum atomic E-state index is -1.87. The SMILES string of the molecule is O=[Te]1C=CC=CC1. The Morgan fingerprint density at radius 2 is 2.29 bits per heavy atom. The van der Waals surface area contributed by atoms with Gasteiger partial charge >= 0.3 is 49.5 Å². The predicted molar refractivity (Wildman–Crippen MR) is 29.5 cm³/mol. The van der Waals surface area contributed by atoms with Crippen LogP contribution in [0.4, 0.5) is 0 Å². The summed E-state index contributed by atoms with van der Waals surface area (Å²) in [6, 6.07) is 0. The molecule has 1 aliphatic heterocycles. The van der Waals surface area contributed by atoms with E-state index < -0.39 is 19.5 Å². The summed E-state index contributed by atoms with van der Waals surface area (Å²) in [5.74, 6) is 0. The molecule has 0 fully saturated rings. The van der Waals surface area contributed by atoms with Crippen LogP contribution in [0.2, 0.25) is 4.47 Å². The van der Waals surface area contributed by atoms with Gasteiger partial charge in [0.05, 0.1) is 0 Å². The van der Waals surface area contributed by atoms with Crippen molar-refractivity contribution < 1.29 is 3.10 Å². The second-order valence-electron chi connectivity index (χ2n) is 1.30. The van der Waals surface area contributed by atoms with Gasteiger partial charge in [-0.3, -0.25) is 0 Å². The zero-order valence-electron chi connectivity index (χ0n) is 3.83. The van der Waals surface area contributed by atoms with Crippen molar-refractivity contribution in [2.75, 3.05) is 0 Å². The minimum absolute atomic E-state index is 0.833. The van der Waals surface area contributed by atoms with Crippen LogP contribution in [0.25, 0.3) is 0 Å². The van der Waals surface area contributed by atoms with Crippen molar-refractivity contribution in [3.05, 3.63) is 22.4 Å². The van der Waals surface area contributed by atoms with Crippen LogP contribution in [-0.2, 0) is 3.10 Å². The van der Waals surface area contributed by atoms with Crippen LogP contribution in [0.3, 0.4) is 0 Å². The molecule has 1 heterocycles. The Balaban J connectivity index is 2.66. The van der Waals surface area contributed by atoms with Crippen molar-refractivity contribution in [3.63, 3.8) is 0 Å². The molecule has 0 saturated heterocycles. The van der Waals surface area contributed by atoms with E-state index in [4.69, 9.17) is 0 Å². The first-order valence-corrected chi connectivity index (χ1v) is 6.04. The molecule has 0 spiro atoms. The normalized spacial score (nSPS) is 20.6. The van der Waals surface area contributed by atoms with Gasteiger partial charge in [0.2, 0.25) is 0 Å². The molecule has 0 aromatic carbocycles. The van der Waals surface area contributed by atoms with Crippen LogP contribution in [0, 0.1) is 0 Å². The Labute approximate surface area is 49.7 Å². The number of rotatable bonds is 0. The molecule has 0 unspecified atom stereocenters. The third kappa shape index (κ3) is 1.54. The summed E-state index contributed by atoms with van der Waals surface area (Å²) in [6.07, 6.45) is 5.77. The molecule has 0 amide bonds. The van der Waals surface area contributed by atoms with E-state index in [-0.39, 0.29) is 0 Å². The van der Waals surface area contributed by atoms with Crippen molar-refractivity contribution in [2.45, 2.75) is 4.47 Å². The molecule has 2 heteroatoms. The second kappa shape index (κ2) is 2.40. The molecule has 1 nitrogen and oxygen atoms in total. The van der Waals surface area contributed by atoms with Crippen molar-refractivity contribution >= 4 is 19.5 Å². The van der Waals surface area contributed by atoms with E-state index >= 15 is 0 Å². The van der Waals surface area contributed by atoms with E-state index in [1.807, 2.05) is 22.4 Å². The molecular formula is C5H6OTe. The molecule has 38 valence electrons. The summed E-state index contributed by atoms with van der Waals surface area (Å²) in [6.45, 7) is 0. The zero-order chi connectivity index (χ0) is 5.11. The van der Waals surface area contributed by atoms with Crippen molar-refractivity contribution in [2.24, 2.45) is 0 Å².